The molecule has 1 atom stereocenters. The lowest BCUT2D eigenvalue weighted by molar-refractivity contribution is -0.122. The Morgan fingerprint density at radius 1 is 1.00 bits per heavy atom. The van der Waals surface area contributed by atoms with Gasteiger partial charge in [0.15, 0.2) is 0 Å². The van der Waals surface area contributed by atoms with Gasteiger partial charge in [-0.3, -0.25) is 4.79 Å². The fourth-order valence-corrected chi connectivity index (χ4v) is 6.69. The number of amides is 1. The Labute approximate surface area is 187 Å². The van der Waals surface area contributed by atoms with Crippen LogP contribution < -0.4 is 5.32 Å². The highest BCUT2D eigenvalue weighted by Gasteiger charge is 2.40. The van der Waals surface area contributed by atoms with E-state index in [4.69, 9.17) is 0 Å². The van der Waals surface area contributed by atoms with E-state index in [1.54, 1.807) is 24.3 Å². The predicted octanol–water partition coefficient (Wildman–Crippen LogP) is 4.04. The third kappa shape index (κ3) is 4.84. The number of thioether (sulfide) groups is 1. The number of hydrogen-bond acceptors (Lipinski definition) is 4. The molecule has 7 heteroatoms. The SMILES string of the molecule is Cc1cccc(CNC(=O)C2SCCN2S(=O)(=O)c2ccc(-c3ccccc3)cc2)c1. The number of carbonyl (C=O) groups is 1. The first-order valence-electron chi connectivity index (χ1n) is 10.1. The standard InChI is InChI=1S/C24H24N2O3S2/c1-18-6-5-7-19(16-18)17-25-23(27)24-26(14-15-30-24)31(28,29)22-12-10-21(11-13-22)20-8-3-2-4-9-20/h2-13,16,24H,14-15,17H2,1H3,(H,25,27). The van der Waals surface area contributed by atoms with Crippen LogP contribution in [0.15, 0.2) is 83.8 Å². The molecule has 0 saturated carbocycles. The number of rotatable bonds is 6. The molecular formula is C24H24N2O3S2. The summed E-state index contributed by atoms with van der Waals surface area (Å²) in [6, 6.07) is 24.5. The molecule has 3 aromatic rings. The van der Waals surface area contributed by atoms with E-state index in [0.717, 1.165) is 22.3 Å². The van der Waals surface area contributed by atoms with Crippen molar-refractivity contribution >= 4 is 27.7 Å². The number of hydrogen-bond donors (Lipinski definition) is 1. The first-order valence-corrected chi connectivity index (χ1v) is 12.6. The van der Waals surface area contributed by atoms with E-state index < -0.39 is 15.4 Å². The molecule has 1 N–H and O–H groups in total. The van der Waals surface area contributed by atoms with E-state index in [2.05, 4.69) is 5.32 Å². The van der Waals surface area contributed by atoms with Crippen LogP contribution in [-0.4, -0.2) is 36.3 Å². The minimum Gasteiger partial charge on any atom is -0.350 e. The van der Waals surface area contributed by atoms with Gasteiger partial charge in [0.2, 0.25) is 15.9 Å². The zero-order valence-electron chi connectivity index (χ0n) is 17.2. The molecule has 0 spiro atoms. The van der Waals surface area contributed by atoms with Crippen LogP contribution in [0.3, 0.4) is 0 Å². The zero-order chi connectivity index (χ0) is 21.8. The normalized spacial score (nSPS) is 16.9. The van der Waals surface area contributed by atoms with Crippen LogP contribution in [-0.2, 0) is 21.4 Å². The molecule has 160 valence electrons. The van der Waals surface area contributed by atoms with E-state index in [1.165, 1.54) is 16.1 Å². The maximum Gasteiger partial charge on any atom is 0.249 e. The summed E-state index contributed by atoms with van der Waals surface area (Å²) >= 11 is 1.35. The van der Waals surface area contributed by atoms with Crippen molar-refractivity contribution in [3.8, 4) is 11.1 Å². The van der Waals surface area contributed by atoms with Gasteiger partial charge < -0.3 is 5.32 Å². The summed E-state index contributed by atoms with van der Waals surface area (Å²) in [7, 11) is -3.77. The van der Waals surface area contributed by atoms with Gasteiger partial charge in [-0.1, -0.05) is 72.3 Å². The second kappa shape index (κ2) is 9.26. The molecule has 0 radical (unpaired) electrons. The lowest BCUT2D eigenvalue weighted by Crippen LogP contribution is -2.44. The van der Waals surface area contributed by atoms with Gasteiger partial charge in [-0.15, -0.1) is 11.8 Å². The second-order valence-electron chi connectivity index (χ2n) is 7.44. The molecule has 1 aliphatic rings. The van der Waals surface area contributed by atoms with E-state index in [1.807, 2.05) is 61.5 Å². The molecule has 5 nitrogen and oxygen atoms in total. The molecule has 1 aliphatic heterocycles. The lowest BCUT2D eigenvalue weighted by atomic mass is 10.1. The quantitative estimate of drug-likeness (QED) is 0.613. The number of aryl methyl sites for hydroxylation is 1. The van der Waals surface area contributed by atoms with Crippen molar-refractivity contribution in [2.75, 3.05) is 12.3 Å². The Hall–Kier alpha value is -2.61. The Morgan fingerprint density at radius 3 is 2.42 bits per heavy atom. The maximum atomic E-state index is 13.2. The number of carbonyl (C=O) groups excluding carboxylic acids is 1. The molecule has 0 aromatic heterocycles. The average Bonchev–Trinajstić information content (AvgIpc) is 3.29. The van der Waals surface area contributed by atoms with Crippen molar-refractivity contribution < 1.29 is 13.2 Å². The molecule has 0 bridgehead atoms. The van der Waals surface area contributed by atoms with Crippen LogP contribution in [0.5, 0.6) is 0 Å². The Kier molecular flexibility index (Phi) is 6.46. The Morgan fingerprint density at radius 2 is 1.71 bits per heavy atom. The lowest BCUT2D eigenvalue weighted by Gasteiger charge is -2.22. The number of sulfonamides is 1. The molecule has 4 rings (SSSR count). The first-order chi connectivity index (χ1) is 14.9. The third-order valence-corrected chi connectivity index (χ3v) is 8.41. The van der Waals surface area contributed by atoms with Gasteiger partial charge in [0.05, 0.1) is 4.90 Å². The third-order valence-electron chi connectivity index (χ3n) is 5.19. The van der Waals surface area contributed by atoms with Gasteiger partial charge in [0.1, 0.15) is 5.37 Å². The van der Waals surface area contributed by atoms with Crippen LogP contribution in [0.2, 0.25) is 0 Å². The first kappa shape index (κ1) is 21.6. The zero-order valence-corrected chi connectivity index (χ0v) is 18.8. The van der Waals surface area contributed by atoms with Crippen molar-refractivity contribution in [2.45, 2.75) is 23.7 Å². The molecule has 1 fully saturated rings. The summed E-state index contributed by atoms with van der Waals surface area (Å²) in [5.74, 6) is 0.303. The minimum atomic E-state index is -3.77. The molecular weight excluding hydrogens is 428 g/mol. The summed E-state index contributed by atoms with van der Waals surface area (Å²) in [6.45, 7) is 2.68. The number of nitrogens with one attached hydrogen (secondary N) is 1. The molecule has 0 aliphatic carbocycles. The fraction of sp³-hybridized carbons (Fsp3) is 0.208. The van der Waals surface area contributed by atoms with Gasteiger partial charge in [-0.05, 0) is 35.7 Å². The van der Waals surface area contributed by atoms with Crippen LogP contribution in [0.4, 0.5) is 0 Å². The van der Waals surface area contributed by atoms with Crippen LogP contribution in [0, 0.1) is 6.92 Å². The second-order valence-corrected chi connectivity index (χ2v) is 10.5. The van der Waals surface area contributed by atoms with Gasteiger partial charge in [-0.25, -0.2) is 8.42 Å². The summed E-state index contributed by atoms with van der Waals surface area (Å²) in [5, 5.41) is 2.13. The Balaban J connectivity index is 1.48. The highest BCUT2D eigenvalue weighted by atomic mass is 32.2. The van der Waals surface area contributed by atoms with Crippen LogP contribution in [0.1, 0.15) is 11.1 Å². The predicted molar refractivity (Wildman–Crippen MR) is 125 cm³/mol. The summed E-state index contributed by atoms with van der Waals surface area (Å²) in [4.78, 5) is 13.0. The average molecular weight is 453 g/mol. The fourth-order valence-electron chi connectivity index (χ4n) is 3.59. The molecule has 1 amide bonds. The van der Waals surface area contributed by atoms with Crippen molar-refractivity contribution in [1.29, 1.82) is 0 Å². The monoisotopic (exact) mass is 452 g/mol. The number of nitrogens with zero attached hydrogens (tertiary/aromatic N) is 1. The molecule has 1 saturated heterocycles. The van der Waals surface area contributed by atoms with Crippen molar-refractivity contribution in [3.05, 3.63) is 90.0 Å². The summed E-state index contributed by atoms with van der Waals surface area (Å²) in [5.41, 5.74) is 4.08. The van der Waals surface area contributed by atoms with Crippen molar-refractivity contribution in [1.82, 2.24) is 9.62 Å². The topological polar surface area (TPSA) is 66.5 Å². The molecule has 31 heavy (non-hydrogen) atoms. The van der Waals surface area contributed by atoms with Gasteiger partial charge in [0.25, 0.3) is 0 Å². The van der Waals surface area contributed by atoms with Crippen LogP contribution in [0.25, 0.3) is 11.1 Å². The highest BCUT2D eigenvalue weighted by molar-refractivity contribution is 8.02. The van der Waals surface area contributed by atoms with E-state index in [9.17, 15) is 13.2 Å². The van der Waals surface area contributed by atoms with Gasteiger partial charge >= 0.3 is 0 Å². The molecule has 1 unspecified atom stereocenters. The minimum absolute atomic E-state index is 0.200. The maximum absolute atomic E-state index is 13.2. The van der Waals surface area contributed by atoms with Crippen molar-refractivity contribution in [2.24, 2.45) is 0 Å². The van der Waals surface area contributed by atoms with E-state index in [0.29, 0.717) is 18.8 Å². The summed E-state index contributed by atoms with van der Waals surface area (Å²) < 4.78 is 27.8. The van der Waals surface area contributed by atoms with Crippen LogP contribution >= 0.6 is 11.8 Å². The molecule has 3 aromatic carbocycles. The van der Waals surface area contributed by atoms with Crippen molar-refractivity contribution in [3.63, 3.8) is 0 Å². The number of benzene rings is 3. The Bertz CT molecular complexity index is 1160. The van der Waals surface area contributed by atoms with E-state index >= 15 is 0 Å². The molecule has 1 heterocycles. The van der Waals surface area contributed by atoms with Gasteiger partial charge in [0, 0.05) is 18.8 Å². The summed E-state index contributed by atoms with van der Waals surface area (Å²) in [6.07, 6.45) is 0. The van der Waals surface area contributed by atoms with Gasteiger partial charge in [-0.2, -0.15) is 4.31 Å². The highest BCUT2D eigenvalue weighted by Crippen LogP contribution is 2.31. The smallest absolute Gasteiger partial charge is 0.249 e. The van der Waals surface area contributed by atoms with E-state index in [-0.39, 0.29) is 10.8 Å². The largest absolute Gasteiger partial charge is 0.350 e.